The summed E-state index contributed by atoms with van der Waals surface area (Å²) in [6.07, 6.45) is 1.48. The fraction of sp³-hybridized carbons (Fsp3) is 0.200. The van der Waals surface area contributed by atoms with Crippen molar-refractivity contribution in [3.63, 3.8) is 0 Å². The largest absolute Gasteiger partial charge is 0.462 e. The lowest BCUT2D eigenvalue weighted by atomic mass is 10.0. The summed E-state index contributed by atoms with van der Waals surface area (Å²) in [5.74, 6) is -1.14. The zero-order chi connectivity index (χ0) is 19.4. The molecule has 138 valence electrons. The van der Waals surface area contributed by atoms with Crippen molar-refractivity contribution in [2.75, 3.05) is 6.61 Å². The summed E-state index contributed by atoms with van der Waals surface area (Å²) in [4.78, 5) is 33.1. The molecule has 3 rings (SSSR count). The number of rotatable bonds is 5. The highest BCUT2D eigenvalue weighted by Gasteiger charge is 2.21. The highest BCUT2D eigenvalue weighted by Crippen LogP contribution is 2.25. The number of ether oxygens (including phenoxy) is 2. The van der Waals surface area contributed by atoms with Gasteiger partial charge in [-0.05, 0) is 37.6 Å². The van der Waals surface area contributed by atoms with Gasteiger partial charge in [0, 0.05) is 11.6 Å². The normalized spacial score (nSPS) is 10.6. The van der Waals surface area contributed by atoms with Crippen LogP contribution in [0.3, 0.4) is 0 Å². The molecule has 0 saturated heterocycles. The van der Waals surface area contributed by atoms with Gasteiger partial charge in [-0.1, -0.05) is 29.8 Å². The van der Waals surface area contributed by atoms with Gasteiger partial charge >= 0.3 is 11.9 Å². The Morgan fingerprint density at radius 2 is 1.85 bits per heavy atom. The van der Waals surface area contributed by atoms with Gasteiger partial charge in [0.2, 0.25) is 0 Å². The summed E-state index contributed by atoms with van der Waals surface area (Å²) < 4.78 is 10.5. The Kier molecular flexibility index (Phi) is 5.66. The Labute approximate surface area is 161 Å². The number of benzene rings is 1. The maximum Gasteiger partial charge on any atom is 0.341 e. The molecule has 0 atom stereocenters. The summed E-state index contributed by atoms with van der Waals surface area (Å²) in [5.41, 5.74) is 2.21. The van der Waals surface area contributed by atoms with Gasteiger partial charge < -0.3 is 9.47 Å². The molecule has 1 aromatic carbocycles. The monoisotopic (exact) mass is 384 g/mol. The molecule has 2 aromatic heterocycles. The van der Waals surface area contributed by atoms with E-state index in [2.05, 4.69) is 9.97 Å². The second-order valence-electron chi connectivity index (χ2n) is 5.71. The summed E-state index contributed by atoms with van der Waals surface area (Å²) in [6.45, 7) is 3.59. The lowest BCUT2D eigenvalue weighted by Crippen LogP contribution is -2.15. The summed E-state index contributed by atoms with van der Waals surface area (Å²) in [5, 5.41) is 0.890. The average Bonchev–Trinajstić information content (AvgIpc) is 2.66. The summed E-state index contributed by atoms with van der Waals surface area (Å²) in [7, 11) is 0. The van der Waals surface area contributed by atoms with Gasteiger partial charge in [-0.2, -0.15) is 0 Å². The SMILES string of the molecule is CCOC(=O)c1c(COC(=O)c2cccnc2Cl)nc2ccccc2c1C. The molecule has 0 aliphatic heterocycles. The van der Waals surface area contributed by atoms with Gasteiger partial charge in [0.15, 0.2) is 0 Å². The van der Waals surface area contributed by atoms with Crippen LogP contribution < -0.4 is 0 Å². The smallest absolute Gasteiger partial charge is 0.341 e. The topological polar surface area (TPSA) is 78.4 Å². The number of carbonyl (C=O) groups is 2. The minimum Gasteiger partial charge on any atom is -0.462 e. The third kappa shape index (κ3) is 3.90. The fourth-order valence-electron chi connectivity index (χ4n) is 2.77. The van der Waals surface area contributed by atoms with Crippen molar-refractivity contribution in [1.29, 1.82) is 0 Å². The molecule has 0 aliphatic carbocycles. The molecule has 3 aromatic rings. The Bertz CT molecular complexity index is 1020. The van der Waals surface area contributed by atoms with Crippen LogP contribution in [0, 0.1) is 6.92 Å². The molecular weight excluding hydrogens is 368 g/mol. The van der Waals surface area contributed by atoms with E-state index < -0.39 is 11.9 Å². The number of fused-ring (bicyclic) bond motifs is 1. The highest BCUT2D eigenvalue weighted by atomic mass is 35.5. The van der Waals surface area contributed by atoms with E-state index in [0.29, 0.717) is 16.8 Å². The number of halogens is 1. The molecule has 2 heterocycles. The molecule has 0 amide bonds. The van der Waals surface area contributed by atoms with Crippen molar-refractivity contribution in [3.05, 3.63) is 70.1 Å². The third-order valence-corrected chi connectivity index (χ3v) is 4.33. The molecule has 0 fully saturated rings. The predicted molar refractivity (Wildman–Crippen MR) is 101 cm³/mol. The molecule has 7 heteroatoms. The van der Waals surface area contributed by atoms with Crippen molar-refractivity contribution in [2.45, 2.75) is 20.5 Å². The Balaban J connectivity index is 1.97. The van der Waals surface area contributed by atoms with Crippen LogP contribution in [0.2, 0.25) is 5.15 Å². The van der Waals surface area contributed by atoms with Gasteiger partial charge in [-0.3, -0.25) is 0 Å². The maximum atomic E-state index is 12.5. The van der Waals surface area contributed by atoms with Crippen molar-refractivity contribution in [3.8, 4) is 0 Å². The van der Waals surface area contributed by atoms with E-state index in [0.717, 1.165) is 10.9 Å². The van der Waals surface area contributed by atoms with E-state index >= 15 is 0 Å². The van der Waals surface area contributed by atoms with Crippen molar-refractivity contribution in [2.24, 2.45) is 0 Å². The van der Waals surface area contributed by atoms with Gasteiger partial charge in [-0.15, -0.1) is 0 Å². The van der Waals surface area contributed by atoms with Crippen LogP contribution in [-0.4, -0.2) is 28.5 Å². The van der Waals surface area contributed by atoms with E-state index in [9.17, 15) is 9.59 Å². The van der Waals surface area contributed by atoms with E-state index in [4.69, 9.17) is 21.1 Å². The van der Waals surface area contributed by atoms with Gasteiger partial charge in [0.25, 0.3) is 0 Å². The number of esters is 2. The van der Waals surface area contributed by atoms with Crippen LogP contribution in [-0.2, 0) is 16.1 Å². The van der Waals surface area contributed by atoms with E-state index in [1.807, 2.05) is 31.2 Å². The van der Waals surface area contributed by atoms with Crippen LogP contribution in [0.4, 0.5) is 0 Å². The average molecular weight is 385 g/mol. The van der Waals surface area contributed by atoms with Crippen molar-refractivity contribution >= 4 is 34.4 Å². The van der Waals surface area contributed by atoms with Crippen LogP contribution >= 0.6 is 11.6 Å². The second-order valence-corrected chi connectivity index (χ2v) is 6.07. The van der Waals surface area contributed by atoms with Gasteiger partial charge in [0.1, 0.15) is 11.8 Å². The zero-order valence-electron chi connectivity index (χ0n) is 14.9. The molecule has 0 unspecified atom stereocenters. The lowest BCUT2D eigenvalue weighted by Gasteiger charge is -2.14. The number of carbonyl (C=O) groups excluding carboxylic acids is 2. The Morgan fingerprint density at radius 1 is 1.07 bits per heavy atom. The summed E-state index contributed by atoms with van der Waals surface area (Å²) >= 11 is 5.93. The first kappa shape index (κ1) is 18.8. The number of pyridine rings is 2. The second kappa shape index (κ2) is 8.14. The van der Waals surface area contributed by atoms with Crippen LogP contribution in [0.15, 0.2) is 42.6 Å². The van der Waals surface area contributed by atoms with Crippen LogP contribution in [0.5, 0.6) is 0 Å². The first-order chi connectivity index (χ1) is 13.0. The van der Waals surface area contributed by atoms with Crippen LogP contribution in [0.1, 0.15) is 38.9 Å². The zero-order valence-corrected chi connectivity index (χ0v) is 15.6. The number of hydrogen-bond acceptors (Lipinski definition) is 6. The van der Waals surface area contributed by atoms with Gasteiger partial charge in [0.05, 0.1) is 28.9 Å². The first-order valence-electron chi connectivity index (χ1n) is 8.36. The predicted octanol–water partition coefficient (Wildman–Crippen LogP) is 4.13. The van der Waals surface area contributed by atoms with E-state index in [1.165, 1.54) is 12.3 Å². The molecule has 0 radical (unpaired) electrons. The first-order valence-corrected chi connectivity index (χ1v) is 8.73. The number of nitrogens with zero attached hydrogens (tertiary/aromatic N) is 2. The molecule has 0 saturated carbocycles. The standard InChI is InChI=1S/C20H17ClN2O4/c1-3-26-20(25)17-12(2)13-7-4-5-9-15(13)23-16(17)11-27-19(24)14-8-6-10-22-18(14)21/h4-10H,3,11H2,1-2H3. The Hall–Kier alpha value is -2.99. The number of aryl methyl sites for hydroxylation is 1. The minimum atomic E-state index is -0.643. The lowest BCUT2D eigenvalue weighted by molar-refractivity contribution is 0.0444. The van der Waals surface area contributed by atoms with E-state index in [1.54, 1.807) is 13.0 Å². The quantitative estimate of drug-likeness (QED) is 0.486. The van der Waals surface area contributed by atoms with Crippen molar-refractivity contribution in [1.82, 2.24) is 9.97 Å². The minimum absolute atomic E-state index is 0.0516. The molecule has 6 nitrogen and oxygen atoms in total. The Morgan fingerprint density at radius 3 is 2.59 bits per heavy atom. The molecule has 0 spiro atoms. The molecule has 27 heavy (non-hydrogen) atoms. The molecular formula is C20H17ClN2O4. The fourth-order valence-corrected chi connectivity index (χ4v) is 2.97. The highest BCUT2D eigenvalue weighted by molar-refractivity contribution is 6.32. The molecule has 0 N–H and O–H groups in total. The van der Waals surface area contributed by atoms with Crippen LogP contribution in [0.25, 0.3) is 10.9 Å². The third-order valence-electron chi connectivity index (χ3n) is 4.03. The number of para-hydroxylation sites is 1. The number of hydrogen-bond donors (Lipinski definition) is 0. The molecule has 0 bridgehead atoms. The summed E-state index contributed by atoms with van der Waals surface area (Å²) in [6, 6.07) is 10.5. The number of aromatic nitrogens is 2. The maximum absolute atomic E-state index is 12.5. The van der Waals surface area contributed by atoms with E-state index in [-0.39, 0.29) is 23.9 Å². The van der Waals surface area contributed by atoms with Crippen molar-refractivity contribution < 1.29 is 19.1 Å². The van der Waals surface area contributed by atoms with Gasteiger partial charge in [-0.25, -0.2) is 19.6 Å². The molecule has 0 aliphatic rings.